The monoisotopic (exact) mass is 184 g/mol. The van der Waals surface area contributed by atoms with E-state index in [1.54, 1.807) is 0 Å². The van der Waals surface area contributed by atoms with E-state index >= 15 is 0 Å². The minimum absolute atomic E-state index is 0.160. The molecule has 0 spiro atoms. The summed E-state index contributed by atoms with van der Waals surface area (Å²) in [6.45, 7) is 2.70. The first kappa shape index (κ1) is 10.5. The third-order valence-electron chi connectivity index (χ3n) is 3.17. The summed E-state index contributed by atoms with van der Waals surface area (Å²) >= 11 is 0. The van der Waals surface area contributed by atoms with Gasteiger partial charge in [0.25, 0.3) is 0 Å². The van der Waals surface area contributed by atoms with Crippen LogP contribution in [-0.4, -0.2) is 37.0 Å². The van der Waals surface area contributed by atoms with Crippen LogP contribution < -0.4 is 5.32 Å². The van der Waals surface area contributed by atoms with Gasteiger partial charge in [-0.15, -0.1) is 0 Å². The molecule has 0 aromatic heterocycles. The summed E-state index contributed by atoms with van der Waals surface area (Å²) in [7, 11) is 4.19. The van der Waals surface area contributed by atoms with Crippen molar-refractivity contribution in [3.8, 4) is 0 Å². The van der Waals surface area contributed by atoms with Gasteiger partial charge in [-0.2, -0.15) is 0 Å². The fraction of sp³-hybridized carbons (Fsp3) is 0.900. The van der Waals surface area contributed by atoms with Gasteiger partial charge in [-0.1, -0.05) is 6.92 Å². The Morgan fingerprint density at radius 2 is 2.08 bits per heavy atom. The highest BCUT2D eigenvalue weighted by molar-refractivity contribution is 5.75. The summed E-state index contributed by atoms with van der Waals surface area (Å²) in [5, 5.41) is 2.98. The quantitative estimate of drug-likeness (QED) is 0.707. The van der Waals surface area contributed by atoms with Gasteiger partial charge in [-0.25, -0.2) is 0 Å². The molecular formula is C10H20N2O. The van der Waals surface area contributed by atoms with E-state index in [1.807, 2.05) is 6.92 Å². The van der Waals surface area contributed by atoms with Crippen LogP contribution in [0.4, 0.5) is 0 Å². The molecule has 1 amide bonds. The van der Waals surface area contributed by atoms with Gasteiger partial charge in [0.05, 0.1) is 0 Å². The van der Waals surface area contributed by atoms with E-state index in [4.69, 9.17) is 0 Å². The van der Waals surface area contributed by atoms with Crippen LogP contribution in [0.25, 0.3) is 0 Å². The lowest BCUT2D eigenvalue weighted by molar-refractivity contribution is -0.121. The zero-order chi connectivity index (χ0) is 9.90. The molecular weight excluding hydrogens is 164 g/mol. The molecule has 1 saturated carbocycles. The first-order valence-corrected chi connectivity index (χ1v) is 5.05. The molecule has 0 saturated heterocycles. The molecule has 0 heterocycles. The van der Waals surface area contributed by atoms with E-state index in [1.165, 1.54) is 19.3 Å². The molecule has 76 valence electrons. The molecule has 1 N–H and O–H groups in total. The summed E-state index contributed by atoms with van der Waals surface area (Å²) in [6.07, 6.45) is 4.30. The Balaban J connectivity index is 2.36. The van der Waals surface area contributed by atoms with Crippen LogP contribution in [0.3, 0.4) is 0 Å². The predicted molar refractivity (Wildman–Crippen MR) is 53.6 cm³/mol. The van der Waals surface area contributed by atoms with Gasteiger partial charge in [0.2, 0.25) is 5.91 Å². The van der Waals surface area contributed by atoms with Gasteiger partial charge in [0.15, 0.2) is 0 Å². The number of carbonyl (C=O) groups is 1. The second kappa shape index (κ2) is 4.09. The lowest BCUT2D eigenvalue weighted by Crippen LogP contribution is -2.57. The van der Waals surface area contributed by atoms with Gasteiger partial charge in [-0.3, -0.25) is 4.79 Å². The molecule has 0 aromatic rings. The van der Waals surface area contributed by atoms with Crippen molar-refractivity contribution < 1.29 is 4.79 Å². The van der Waals surface area contributed by atoms with E-state index in [-0.39, 0.29) is 11.4 Å². The average Bonchev–Trinajstić information content (AvgIpc) is 2.01. The molecule has 1 aliphatic rings. The maximum atomic E-state index is 11.1. The van der Waals surface area contributed by atoms with Crippen molar-refractivity contribution in [2.75, 3.05) is 20.6 Å². The van der Waals surface area contributed by atoms with E-state index in [0.29, 0.717) is 6.42 Å². The molecule has 1 fully saturated rings. The summed E-state index contributed by atoms with van der Waals surface area (Å²) in [5.74, 6) is 0.160. The second-order valence-corrected chi connectivity index (χ2v) is 4.10. The zero-order valence-corrected chi connectivity index (χ0v) is 8.89. The number of amides is 1. The van der Waals surface area contributed by atoms with Crippen LogP contribution >= 0.6 is 0 Å². The van der Waals surface area contributed by atoms with Crippen molar-refractivity contribution in [3.05, 3.63) is 0 Å². The summed E-state index contributed by atoms with van der Waals surface area (Å²) in [6, 6.07) is 0. The Morgan fingerprint density at radius 3 is 2.38 bits per heavy atom. The SMILES string of the molecule is CCC(=O)NCC1(N(C)C)CCC1. The molecule has 3 heteroatoms. The topological polar surface area (TPSA) is 32.3 Å². The van der Waals surface area contributed by atoms with Crippen molar-refractivity contribution >= 4 is 5.91 Å². The minimum Gasteiger partial charge on any atom is -0.354 e. The predicted octanol–water partition coefficient (Wildman–Crippen LogP) is 0.997. The van der Waals surface area contributed by atoms with Crippen LogP contribution in [0.5, 0.6) is 0 Å². The maximum Gasteiger partial charge on any atom is 0.219 e. The Hall–Kier alpha value is -0.570. The van der Waals surface area contributed by atoms with Crippen molar-refractivity contribution in [2.45, 2.75) is 38.1 Å². The van der Waals surface area contributed by atoms with Crippen molar-refractivity contribution in [1.82, 2.24) is 10.2 Å². The number of hydrogen-bond donors (Lipinski definition) is 1. The number of likely N-dealkylation sites (N-methyl/N-ethyl adjacent to an activating group) is 1. The normalized spacial score (nSPS) is 19.7. The van der Waals surface area contributed by atoms with Crippen LogP contribution in [-0.2, 0) is 4.79 Å². The molecule has 0 bridgehead atoms. The molecule has 3 nitrogen and oxygen atoms in total. The van der Waals surface area contributed by atoms with E-state index in [0.717, 1.165) is 6.54 Å². The Morgan fingerprint density at radius 1 is 1.46 bits per heavy atom. The fourth-order valence-corrected chi connectivity index (χ4v) is 1.76. The fourth-order valence-electron chi connectivity index (χ4n) is 1.76. The average molecular weight is 184 g/mol. The highest BCUT2D eigenvalue weighted by atomic mass is 16.1. The standard InChI is InChI=1S/C10H20N2O/c1-4-9(13)11-8-10(12(2)3)6-5-7-10/h4-8H2,1-3H3,(H,11,13). The molecule has 0 atom stereocenters. The van der Waals surface area contributed by atoms with Crippen LogP contribution in [0.2, 0.25) is 0 Å². The van der Waals surface area contributed by atoms with Gasteiger partial charge < -0.3 is 10.2 Å². The lowest BCUT2D eigenvalue weighted by Gasteiger charge is -2.47. The van der Waals surface area contributed by atoms with Crippen LogP contribution in [0, 0.1) is 0 Å². The lowest BCUT2D eigenvalue weighted by atomic mass is 9.75. The minimum atomic E-state index is 0.160. The zero-order valence-electron chi connectivity index (χ0n) is 8.89. The third kappa shape index (κ3) is 2.21. The molecule has 0 radical (unpaired) electrons. The van der Waals surface area contributed by atoms with Gasteiger partial charge in [0.1, 0.15) is 0 Å². The second-order valence-electron chi connectivity index (χ2n) is 4.10. The summed E-state index contributed by atoms with van der Waals surface area (Å²) in [5.41, 5.74) is 0.255. The molecule has 0 unspecified atom stereocenters. The Kier molecular flexibility index (Phi) is 3.31. The molecule has 0 aliphatic heterocycles. The van der Waals surface area contributed by atoms with Gasteiger partial charge >= 0.3 is 0 Å². The Bertz CT molecular complexity index is 185. The number of carbonyl (C=O) groups excluding carboxylic acids is 1. The first-order chi connectivity index (χ1) is 6.10. The van der Waals surface area contributed by atoms with Crippen LogP contribution in [0.1, 0.15) is 32.6 Å². The Labute approximate surface area is 80.5 Å². The molecule has 1 rings (SSSR count). The number of hydrogen-bond acceptors (Lipinski definition) is 2. The van der Waals surface area contributed by atoms with E-state index < -0.39 is 0 Å². The third-order valence-corrected chi connectivity index (χ3v) is 3.17. The van der Waals surface area contributed by atoms with Gasteiger partial charge in [-0.05, 0) is 33.4 Å². The highest BCUT2D eigenvalue weighted by Crippen LogP contribution is 2.35. The highest BCUT2D eigenvalue weighted by Gasteiger charge is 2.38. The van der Waals surface area contributed by atoms with Gasteiger partial charge in [0, 0.05) is 18.5 Å². The number of nitrogens with zero attached hydrogens (tertiary/aromatic N) is 1. The maximum absolute atomic E-state index is 11.1. The molecule has 0 aromatic carbocycles. The summed E-state index contributed by atoms with van der Waals surface area (Å²) < 4.78 is 0. The number of nitrogens with one attached hydrogen (secondary N) is 1. The van der Waals surface area contributed by atoms with Crippen molar-refractivity contribution in [3.63, 3.8) is 0 Å². The first-order valence-electron chi connectivity index (χ1n) is 5.05. The van der Waals surface area contributed by atoms with Crippen LogP contribution in [0.15, 0.2) is 0 Å². The van der Waals surface area contributed by atoms with Crippen molar-refractivity contribution in [2.24, 2.45) is 0 Å². The van der Waals surface area contributed by atoms with Crippen molar-refractivity contribution in [1.29, 1.82) is 0 Å². The summed E-state index contributed by atoms with van der Waals surface area (Å²) in [4.78, 5) is 13.3. The van der Waals surface area contributed by atoms with E-state index in [2.05, 4.69) is 24.3 Å². The smallest absolute Gasteiger partial charge is 0.219 e. The molecule has 13 heavy (non-hydrogen) atoms. The van der Waals surface area contributed by atoms with E-state index in [9.17, 15) is 4.79 Å². The largest absolute Gasteiger partial charge is 0.354 e. The molecule has 1 aliphatic carbocycles. The number of rotatable bonds is 4.